The zero-order chi connectivity index (χ0) is 31.3. The van der Waals surface area contributed by atoms with E-state index in [-0.39, 0.29) is 35.5 Å². The molecule has 2 aromatic rings. The van der Waals surface area contributed by atoms with Crippen molar-refractivity contribution in [2.75, 3.05) is 19.8 Å². The Bertz CT molecular complexity index is 1330. The average molecular weight is 596 g/mol. The third-order valence-corrected chi connectivity index (χ3v) is 7.72. The molecule has 0 aliphatic carbocycles. The van der Waals surface area contributed by atoms with Crippen molar-refractivity contribution in [2.45, 2.75) is 90.3 Å². The van der Waals surface area contributed by atoms with Gasteiger partial charge in [0.25, 0.3) is 5.91 Å². The maximum Gasteiger partial charge on any atom is 0.258 e. The van der Waals surface area contributed by atoms with E-state index in [0.717, 1.165) is 22.2 Å². The van der Waals surface area contributed by atoms with Gasteiger partial charge in [0.15, 0.2) is 0 Å². The van der Waals surface area contributed by atoms with E-state index in [2.05, 4.69) is 16.1 Å². The number of pyridine rings is 1. The topological polar surface area (TPSA) is 142 Å². The second-order valence-corrected chi connectivity index (χ2v) is 12.4. The van der Waals surface area contributed by atoms with Crippen molar-refractivity contribution in [3.8, 4) is 0 Å². The van der Waals surface area contributed by atoms with Gasteiger partial charge in [-0.3, -0.25) is 24.4 Å². The van der Waals surface area contributed by atoms with Crippen molar-refractivity contribution >= 4 is 34.7 Å². The first kappa shape index (κ1) is 32.5. The van der Waals surface area contributed by atoms with Gasteiger partial charge in [0.05, 0.1) is 42.2 Å². The molecule has 0 bridgehead atoms. The highest BCUT2D eigenvalue weighted by molar-refractivity contribution is 5.89. The molecule has 2 fully saturated rings. The van der Waals surface area contributed by atoms with Crippen molar-refractivity contribution in [3.63, 3.8) is 0 Å². The van der Waals surface area contributed by atoms with Crippen molar-refractivity contribution < 1.29 is 29.0 Å². The molecule has 1 aromatic carbocycles. The van der Waals surface area contributed by atoms with Gasteiger partial charge >= 0.3 is 0 Å². The lowest BCUT2D eigenvalue weighted by Gasteiger charge is -2.35. The lowest BCUT2D eigenvalue weighted by Crippen LogP contribution is -2.61. The number of aliphatic hydroxyl groups is 1. The van der Waals surface area contributed by atoms with Gasteiger partial charge in [-0.25, -0.2) is 5.43 Å². The lowest BCUT2D eigenvalue weighted by atomic mass is 10.1. The van der Waals surface area contributed by atoms with E-state index in [1.807, 2.05) is 63.3 Å². The third kappa shape index (κ3) is 8.60. The first-order valence-electron chi connectivity index (χ1n) is 15.0. The van der Waals surface area contributed by atoms with Crippen LogP contribution in [0.1, 0.15) is 71.7 Å². The van der Waals surface area contributed by atoms with Crippen LogP contribution in [0.4, 0.5) is 0 Å². The zero-order valence-electron chi connectivity index (χ0n) is 25.9. The summed E-state index contributed by atoms with van der Waals surface area (Å²) in [7, 11) is 0. The smallest absolute Gasteiger partial charge is 0.258 e. The first-order chi connectivity index (χ1) is 20.3. The fraction of sp³-hybridized carbons (Fsp3) is 0.562. The number of carbonyl (C=O) groups is 3. The van der Waals surface area contributed by atoms with Crippen LogP contribution in [0.2, 0.25) is 0 Å². The molecule has 0 spiro atoms. The number of nitrogens with one attached hydrogen (secondary N) is 3. The van der Waals surface area contributed by atoms with Crippen molar-refractivity contribution in [1.82, 2.24) is 26.1 Å². The molecule has 11 heteroatoms. The Morgan fingerprint density at radius 3 is 2.58 bits per heavy atom. The normalized spacial score (nSPS) is 22.7. The number of benzene rings is 1. The van der Waals surface area contributed by atoms with Gasteiger partial charge in [-0.15, -0.1) is 0 Å². The fourth-order valence-electron chi connectivity index (χ4n) is 4.95. The van der Waals surface area contributed by atoms with E-state index in [1.54, 1.807) is 20.8 Å². The van der Waals surface area contributed by atoms with Gasteiger partial charge in [0.2, 0.25) is 11.8 Å². The minimum absolute atomic E-state index is 0.0994. The van der Waals surface area contributed by atoms with Crippen LogP contribution in [0.3, 0.4) is 0 Å². The lowest BCUT2D eigenvalue weighted by molar-refractivity contribution is -0.160. The SMILES string of the molecule is CC(C)[C@H](O)C(=O)N[C@@H](C)C(=O)N1CCC[C@@H](C(=O)N[C@H](C)c2ccc3ccc(/C=C/C4COC(C)(C)CO4)cc3n2)N1. The molecule has 0 saturated carbocycles. The molecule has 1 unspecified atom stereocenters. The second-order valence-electron chi connectivity index (χ2n) is 12.4. The maximum absolute atomic E-state index is 13.2. The molecule has 3 amide bonds. The van der Waals surface area contributed by atoms with E-state index < -0.39 is 24.1 Å². The van der Waals surface area contributed by atoms with Gasteiger partial charge in [0, 0.05) is 11.9 Å². The molecule has 3 heterocycles. The summed E-state index contributed by atoms with van der Waals surface area (Å²) in [6.07, 6.45) is 3.89. The Hall–Kier alpha value is -3.38. The van der Waals surface area contributed by atoms with Crippen LogP contribution in [0.25, 0.3) is 17.0 Å². The summed E-state index contributed by atoms with van der Waals surface area (Å²) in [5, 5.41) is 17.9. The van der Waals surface area contributed by atoms with E-state index in [0.29, 0.717) is 32.6 Å². The summed E-state index contributed by atoms with van der Waals surface area (Å²) in [6.45, 7) is 12.4. The van der Waals surface area contributed by atoms with Gasteiger partial charge in [-0.05, 0) is 64.2 Å². The minimum Gasteiger partial charge on any atom is -0.383 e. The highest BCUT2D eigenvalue weighted by atomic mass is 16.6. The number of rotatable bonds is 9. The maximum atomic E-state index is 13.2. The highest BCUT2D eigenvalue weighted by Gasteiger charge is 2.32. The number of aromatic nitrogens is 1. The molecule has 43 heavy (non-hydrogen) atoms. The highest BCUT2D eigenvalue weighted by Crippen LogP contribution is 2.22. The molecule has 1 aromatic heterocycles. The number of nitrogens with zero attached hydrogens (tertiary/aromatic N) is 2. The number of fused-ring (bicyclic) bond motifs is 1. The summed E-state index contributed by atoms with van der Waals surface area (Å²) in [6, 6.07) is 8.10. The van der Waals surface area contributed by atoms with Crippen LogP contribution in [-0.2, 0) is 23.9 Å². The monoisotopic (exact) mass is 595 g/mol. The predicted molar refractivity (Wildman–Crippen MR) is 163 cm³/mol. The molecule has 2 saturated heterocycles. The third-order valence-electron chi connectivity index (χ3n) is 7.72. The van der Waals surface area contributed by atoms with Gasteiger partial charge in [0.1, 0.15) is 18.2 Å². The largest absolute Gasteiger partial charge is 0.383 e. The van der Waals surface area contributed by atoms with Crippen molar-refractivity contribution in [3.05, 3.63) is 47.7 Å². The van der Waals surface area contributed by atoms with E-state index in [1.165, 1.54) is 5.01 Å². The van der Waals surface area contributed by atoms with E-state index >= 15 is 0 Å². The summed E-state index contributed by atoms with van der Waals surface area (Å²) >= 11 is 0. The van der Waals surface area contributed by atoms with E-state index in [4.69, 9.17) is 14.5 Å². The number of hydrazine groups is 1. The summed E-state index contributed by atoms with van der Waals surface area (Å²) in [5.74, 6) is -1.49. The Morgan fingerprint density at radius 2 is 1.88 bits per heavy atom. The number of ether oxygens (including phenoxy) is 2. The van der Waals surface area contributed by atoms with Crippen LogP contribution in [0.5, 0.6) is 0 Å². The Balaban J connectivity index is 1.34. The molecule has 4 rings (SSSR count). The number of amides is 3. The fourth-order valence-corrected chi connectivity index (χ4v) is 4.95. The first-order valence-corrected chi connectivity index (χ1v) is 15.0. The summed E-state index contributed by atoms with van der Waals surface area (Å²) in [4.78, 5) is 43.2. The van der Waals surface area contributed by atoms with Crippen molar-refractivity contribution in [1.29, 1.82) is 0 Å². The van der Waals surface area contributed by atoms with Crippen molar-refractivity contribution in [2.24, 2.45) is 5.92 Å². The zero-order valence-corrected chi connectivity index (χ0v) is 25.9. The quantitative estimate of drug-likeness (QED) is 0.347. The molecule has 4 N–H and O–H groups in total. The van der Waals surface area contributed by atoms with Gasteiger partial charge in [-0.2, -0.15) is 0 Å². The predicted octanol–water partition coefficient (Wildman–Crippen LogP) is 2.64. The Morgan fingerprint density at radius 1 is 1.14 bits per heavy atom. The van der Waals surface area contributed by atoms with Crippen LogP contribution < -0.4 is 16.1 Å². The minimum atomic E-state index is -1.20. The number of hydrogen-bond acceptors (Lipinski definition) is 8. The molecule has 2 aliphatic rings. The summed E-state index contributed by atoms with van der Waals surface area (Å²) < 4.78 is 11.7. The molecule has 11 nitrogen and oxygen atoms in total. The molecular weight excluding hydrogens is 550 g/mol. The van der Waals surface area contributed by atoms with E-state index in [9.17, 15) is 19.5 Å². The number of carbonyl (C=O) groups excluding carboxylic acids is 3. The molecule has 0 radical (unpaired) electrons. The molecule has 234 valence electrons. The average Bonchev–Trinajstić information content (AvgIpc) is 2.99. The Kier molecular flexibility index (Phi) is 10.5. The second kappa shape index (κ2) is 13.9. The number of aliphatic hydroxyl groups excluding tert-OH is 1. The molecule has 2 aliphatic heterocycles. The van der Waals surface area contributed by atoms with Gasteiger partial charge < -0.3 is 25.2 Å². The standard InChI is InChI=1S/C32H45N5O6/c1-19(2)28(38)30(40)34-21(4)31(41)37-15-7-8-26(36-37)29(39)33-20(3)25-14-12-23-11-9-22(16-27(23)35-25)10-13-24-17-43-32(5,6)18-42-24/h9-14,16,19-21,24,26,28,36,38H,7-8,15,17-18H2,1-6H3,(H,33,39)(H,34,40)/b13-10+/t20-,21+,24?,26+,28+/m1/s1. The van der Waals surface area contributed by atoms with Gasteiger partial charge in [-0.1, -0.05) is 44.2 Å². The Labute approximate surface area is 253 Å². The van der Waals surface area contributed by atoms with Crippen LogP contribution in [-0.4, -0.2) is 82.5 Å². The van der Waals surface area contributed by atoms with Crippen LogP contribution in [0, 0.1) is 5.92 Å². The number of hydrogen-bond donors (Lipinski definition) is 4. The molecular formula is C32H45N5O6. The molecule has 5 atom stereocenters. The van der Waals surface area contributed by atoms with Crippen LogP contribution >= 0.6 is 0 Å². The van der Waals surface area contributed by atoms with Crippen LogP contribution in [0.15, 0.2) is 36.4 Å². The summed E-state index contributed by atoms with van der Waals surface area (Å²) in [5.41, 5.74) is 5.27.